The summed E-state index contributed by atoms with van der Waals surface area (Å²) < 4.78 is 14.4. The smallest absolute Gasteiger partial charge is 0.254 e. The Morgan fingerprint density at radius 3 is 2.67 bits per heavy atom. The molecule has 27 heavy (non-hydrogen) atoms. The molecular formula is C20H29FN4O2. The number of carbonyl (C=O) groups excluding carboxylic acids is 2. The Morgan fingerprint density at radius 1 is 1.26 bits per heavy atom. The predicted octanol–water partition coefficient (Wildman–Crippen LogP) is 1.93. The fourth-order valence-electron chi connectivity index (χ4n) is 3.78. The van der Waals surface area contributed by atoms with Crippen molar-refractivity contribution in [1.82, 2.24) is 15.1 Å². The molecule has 1 atom stereocenters. The van der Waals surface area contributed by atoms with E-state index in [0.29, 0.717) is 31.1 Å². The highest BCUT2D eigenvalue weighted by molar-refractivity contribution is 5.96. The van der Waals surface area contributed by atoms with Crippen LogP contribution in [0.4, 0.5) is 10.1 Å². The van der Waals surface area contributed by atoms with Crippen LogP contribution in [-0.4, -0.2) is 66.9 Å². The highest BCUT2D eigenvalue weighted by Crippen LogP contribution is 2.21. The number of rotatable bonds is 5. The number of benzene rings is 1. The first-order valence-corrected chi connectivity index (χ1v) is 9.77. The first-order chi connectivity index (χ1) is 12.9. The van der Waals surface area contributed by atoms with Gasteiger partial charge in [-0.15, -0.1) is 0 Å². The maximum atomic E-state index is 14.4. The van der Waals surface area contributed by atoms with Crippen molar-refractivity contribution in [1.29, 1.82) is 0 Å². The number of likely N-dealkylation sites (tertiary alicyclic amines) is 1. The molecule has 2 fully saturated rings. The van der Waals surface area contributed by atoms with Crippen molar-refractivity contribution in [2.75, 3.05) is 44.6 Å². The van der Waals surface area contributed by atoms with Gasteiger partial charge in [0.2, 0.25) is 5.91 Å². The zero-order valence-electron chi connectivity index (χ0n) is 16.1. The van der Waals surface area contributed by atoms with Crippen LogP contribution in [0.15, 0.2) is 18.2 Å². The number of halogens is 1. The van der Waals surface area contributed by atoms with Crippen molar-refractivity contribution >= 4 is 17.5 Å². The minimum Gasteiger partial charge on any atom is -0.337 e. The quantitative estimate of drug-likeness (QED) is 0.824. The van der Waals surface area contributed by atoms with Crippen LogP contribution in [0.1, 0.15) is 37.0 Å². The summed E-state index contributed by atoms with van der Waals surface area (Å²) in [5.41, 5.74) is 0.452. The van der Waals surface area contributed by atoms with Crippen molar-refractivity contribution in [3.63, 3.8) is 0 Å². The molecule has 0 radical (unpaired) electrons. The van der Waals surface area contributed by atoms with Gasteiger partial charge < -0.3 is 15.5 Å². The molecule has 3 rings (SSSR count). The Balaban J connectivity index is 1.60. The van der Waals surface area contributed by atoms with Gasteiger partial charge in [-0.1, -0.05) is 13.8 Å². The monoisotopic (exact) mass is 376 g/mol. The SMILES string of the molecule is CC(C)CC(=O)Nc1ccc(C(=O)N2CCC(N3CCNCC3)C2)cc1F. The third kappa shape index (κ3) is 5.05. The standard InChI is InChI=1S/C20H29FN4O2/c1-14(2)11-19(26)23-18-4-3-15(12-17(18)21)20(27)25-8-5-16(13-25)24-9-6-22-7-10-24/h3-4,12,14,16,22H,5-11,13H2,1-2H3,(H,23,26). The predicted molar refractivity (Wildman–Crippen MR) is 103 cm³/mol. The highest BCUT2D eigenvalue weighted by atomic mass is 19.1. The van der Waals surface area contributed by atoms with Gasteiger partial charge >= 0.3 is 0 Å². The summed E-state index contributed by atoms with van der Waals surface area (Å²) >= 11 is 0. The lowest BCUT2D eigenvalue weighted by molar-refractivity contribution is -0.116. The number of anilines is 1. The maximum absolute atomic E-state index is 14.4. The topological polar surface area (TPSA) is 64.7 Å². The Hall–Kier alpha value is -1.99. The molecular weight excluding hydrogens is 347 g/mol. The number of piperazine rings is 1. The first-order valence-electron chi connectivity index (χ1n) is 9.77. The van der Waals surface area contributed by atoms with Crippen molar-refractivity contribution in [3.8, 4) is 0 Å². The molecule has 0 aliphatic carbocycles. The minimum absolute atomic E-state index is 0.123. The Bertz CT molecular complexity index is 689. The van der Waals surface area contributed by atoms with E-state index in [1.54, 1.807) is 11.0 Å². The number of amides is 2. The van der Waals surface area contributed by atoms with E-state index in [4.69, 9.17) is 0 Å². The molecule has 148 valence electrons. The second-order valence-corrected chi connectivity index (χ2v) is 7.82. The number of hydrogen-bond donors (Lipinski definition) is 2. The summed E-state index contributed by atoms with van der Waals surface area (Å²) in [5, 5.41) is 5.92. The van der Waals surface area contributed by atoms with Crippen LogP contribution in [0.3, 0.4) is 0 Å². The molecule has 2 aliphatic rings. The first kappa shape index (κ1) is 19.8. The molecule has 2 aliphatic heterocycles. The summed E-state index contributed by atoms with van der Waals surface area (Å²) in [5.74, 6) is -0.739. The molecule has 2 heterocycles. The van der Waals surface area contributed by atoms with E-state index in [1.165, 1.54) is 12.1 Å². The molecule has 6 nitrogen and oxygen atoms in total. The molecule has 1 aromatic carbocycles. The van der Waals surface area contributed by atoms with Crippen LogP contribution >= 0.6 is 0 Å². The molecule has 0 aromatic heterocycles. The second-order valence-electron chi connectivity index (χ2n) is 7.82. The van der Waals surface area contributed by atoms with Gasteiger partial charge in [0.15, 0.2) is 0 Å². The van der Waals surface area contributed by atoms with E-state index in [1.807, 2.05) is 13.8 Å². The molecule has 0 saturated carbocycles. The van der Waals surface area contributed by atoms with Crippen molar-refractivity contribution in [2.24, 2.45) is 5.92 Å². The van der Waals surface area contributed by atoms with Crippen molar-refractivity contribution in [3.05, 3.63) is 29.6 Å². The Kier molecular flexibility index (Phi) is 6.44. The number of carbonyl (C=O) groups is 2. The molecule has 7 heteroatoms. The normalized spacial score (nSPS) is 20.9. The third-order valence-electron chi connectivity index (χ3n) is 5.20. The average Bonchev–Trinajstić information content (AvgIpc) is 3.13. The highest BCUT2D eigenvalue weighted by Gasteiger charge is 2.31. The summed E-state index contributed by atoms with van der Waals surface area (Å²) in [7, 11) is 0. The van der Waals surface area contributed by atoms with E-state index in [-0.39, 0.29) is 23.4 Å². The van der Waals surface area contributed by atoms with Gasteiger partial charge in [0, 0.05) is 57.3 Å². The molecule has 2 N–H and O–H groups in total. The average molecular weight is 376 g/mol. The van der Waals surface area contributed by atoms with Gasteiger partial charge in [0.05, 0.1) is 5.69 Å². The van der Waals surface area contributed by atoms with Crippen LogP contribution in [0.5, 0.6) is 0 Å². The van der Waals surface area contributed by atoms with Crippen molar-refractivity contribution in [2.45, 2.75) is 32.7 Å². The molecule has 0 spiro atoms. The van der Waals surface area contributed by atoms with E-state index in [9.17, 15) is 14.0 Å². The fraction of sp³-hybridized carbons (Fsp3) is 0.600. The molecule has 1 aromatic rings. The van der Waals surface area contributed by atoms with Gasteiger partial charge in [-0.2, -0.15) is 0 Å². The Labute approximate surface area is 160 Å². The van der Waals surface area contributed by atoms with Crippen LogP contribution in [0.2, 0.25) is 0 Å². The van der Waals surface area contributed by atoms with E-state index in [0.717, 1.165) is 32.6 Å². The second kappa shape index (κ2) is 8.80. The molecule has 2 saturated heterocycles. The fourth-order valence-corrected chi connectivity index (χ4v) is 3.78. The van der Waals surface area contributed by atoms with Gasteiger partial charge in [-0.05, 0) is 30.5 Å². The number of hydrogen-bond acceptors (Lipinski definition) is 4. The summed E-state index contributed by atoms with van der Waals surface area (Å²) in [6.07, 6.45) is 1.29. The lowest BCUT2D eigenvalue weighted by atomic mass is 10.1. The van der Waals surface area contributed by atoms with Crippen LogP contribution in [0.25, 0.3) is 0 Å². The summed E-state index contributed by atoms with van der Waals surface area (Å²) in [6.45, 7) is 9.23. The molecule has 2 amide bonds. The third-order valence-corrected chi connectivity index (χ3v) is 5.20. The molecule has 1 unspecified atom stereocenters. The lowest BCUT2D eigenvalue weighted by Crippen LogP contribution is -2.49. The van der Waals surface area contributed by atoms with Crippen LogP contribution in [-0.2, 0) is 4.79 Å². The van der Waals surface area contributed by atoms with Crippen LogP contribution in [0, 0.1) is 11.7 Å². The van der Waals surface area contributed by atoms with Crippen molar-refractivity contribution < 1.29 is 14.0 Å². The number of nitrogens with one attached hydrogen (secondary N) is 2. The lowest BCUT2D eigenvalue weighted by Gasteiger charge is -2.32. The van der Waals surface area contributed by atoms with Gasteiger partial charge in [-0.25, -0.2) is 4.39 Å². The van der Waals surface area contributed by atoms with E-state index in [2.05, 4.69) is 15.5 Å². The zero-order chi connectivity index (χ0) is 19.4. The van der Waals surface area contributed by atoms with Gasteiger partial charge in [0.25, 0.3) is 5.91 Å². The Morgan fingerprint density at radius 2 is 2.00 bits per heavy atom. The summed E-state index contributed by atoms with van der Waals surface area (Å²) in [4.78, 5) is 28.8. The number of nitrogens with zero attached hydrogens (tertiary/aromatic N) is 2. The van der Waals surface area contributed by atoms with Crippen LogP contribution < -0.4 is 10.6 Å². The van der Waals surface area contributed by atoms with Gasteiger partial charge in [-0.3, -0.25) is 14.5 Å². The van der Waals surface area contributed by atoms with E-state index < -0.39 is 5.82 Å². The minimum atomic E-state index is -0.573. The van der Waals surface area contributed by atoms with E-state index >= 15 is 0 Å². The zero-order valence-corrected chi connectivity index (χ0v) is 16.1. The molecule has 0 bridgehead atoms. The largest absolute Gasteiger partial charge is 0.337 e. The summed E-state index contributed by atoms with van der Waals surface area (Å²) in [6, 6.07) is 4.68. The van der Waals surface area contributed by atoms with Gasteiger partial charge in [0.1, 0.15) is 5.82 Å². The maximum Gasteiger partial charge on any atom is 0.254 e.